The highest BCUT2D eigenvalue weighted by Crippen LogP contribution is 2.10. The van der Waals surface area contributed by atoms with Crippen LogP contribution in [0.15, 0.2) is 42.5 Å². The Morgan fingerprint density at radius 1 is 1.00 bits per heavy atom. The third-order valence-electron chi connectivity index (χ3n) is 3.68. The molecular formula is C18H22N2O. The Balaban J connectivity index is 1.95. The average Bonchev–Trinajstić information content (AvgIpc) is 2.49. The fourth-order valence-corrected chi connectivity index (χ4v) is 2.16. The van der Waals surface area contributed by atoms with E-state index in [1.807, 2.05) is 44.2 Å². The summed E-state index contributed by atoms with van der Waals surface area (Å²) < 4.78 is 0. The summed E-state index contributed by atoms with van der Waals surface area (Å²) in [4.78, 5) is 12.1. The summed E-state index contributed by atoms with van der Waals surface area (Å²) in [6.07, 6.45) is 0.884. The molecule has 0 heterocycles. The number of benzene rings is 2. The molecule has 0 saturated heterocycles. The minimum Gasteiger partial charge on any atom is -0.348 e. The summed E-state index contributed by atoms with van der Waals surface area (Å²) in [7, 11) is 0. The van der Waals surface area contributed by atoms with E-state index in [2.05, 4.69) is 17.4 Å². The van der Waals surface area contributed by atoms with Crippen LogP contribution < -0.4 is 11.1 Å². The van der Waals surface area contributed by atoms with Crippen molar-refractivity contribution in [3.8, 4) is 0 Å². The lowest BCUT2D eigenvalue weighted by atomic mass is 10.1. The van der Waals surface area contributed by atoms with E-state index in [0.29, 0.717) is 18.7 Å². The minimum atomic E-state index is -0.0378. The largest absolute Gasteiger partial charge is 0.348 e. The highest BCUT2D eigenvalue weighted by atomic mass is 16.1. The Labute approximate surface area is 126 Å². The van der Waals surface area contributed by atoms with Crippen molar-refractivity contribution in [1.29, 1.82) is 0 Å². The zero-order valence-corrected chi connectivity index (χ0v) is 12.6. The van der Waals surface area contributed by atoms with Gasteiger partial charge in [0.2, 0.25) is 0 Å². The number of carbonyl (C=O) groups excluding carboxylic acids is 1. The number of hydrogen-bond acceptors (Lipinski definition) is 2. The summed E-state index contributed by atoms with van der Waals surface area (Å²) in [5.74, 6) is -0.0378. The van der Waals surface area contributed by atoms with Gasteiger partial charge in [-0.2, -0.15) is 0 Å². The molecule has 2 rings (SSSR count). The molecule has 0 saturated carbocycles. The highest BCUT2D eigenvalue weighted by Gasteiger charge is 2.06. The number of nitrogens with one attached hydrogen (secondary N) is 1. The van der Waals surface area contributed by atoms with Crippen LogP contribution in [0.3, 0.4) is 0 Å². The molecule has 0 fully saturated rings. The summed E-state index contributed by atoms with van der Waals surface area (Å²) in [5.41, 5.74) is 10.9. The lowest BCUT2D eigenvalue weighted by Crippen LogP contribution is -2.22. The monoisotopic (exact) mass is 282 g/mol. The third-order valence-corrected chi connectivity index (χ3v) is 3.68. The Bertz CT molecular complexity index is 618. The van der Waals surface area contributed by atoms with E-state index in [1.165, 1.54) is 11.1 Å². The second kappa shape index (κ2) is 7.04. The van der Waals surface area contributed by atoms with Crippen LogP contribution in [0.2, 0.25) is 0 Å². The van der Waals surface area contributed by atoms with Crippen molar-refractivity contribution in [2.75, 3.05) is 6.54 Å². The molecule has 2 aromatic rings. The lowest BCUT2D eigenvalue weighted by Gasteiger charge is -2.08. The van der Waals surface area contributed by atoms with E-state index >= 15 is 0 Å². The van der Waals surface area contributed by atoms with E-state index in [9.17, 15) is 4.79 Å². The van der Waals surface area contributed by atoms with Crippen LogP contribution in [-0.2, 0) is 13.0 Å². The molecule has 0 aliphatic rings. The van der Waals surface area contributed by atoms with Gasteiger partial charge in [-0.05, 0) is 61.2 Å². The first-order valence-electron chi connectivity index (χ1n) is 7.23. The molecule has 2 aromatic carbocycles. The molecule has 0 aromatic heterocycles. The minimum absolute atomic E-state index is 0.0378. The molecular weight excluding hydrogens is 260 g/mol. The zero-order chi connectivity index (χ0) is 15.2. The maximum absolute atomic E-state index is 12.1. The molecule has 0 atom stereocenters. The Hall–Kier alpha value is -2.13. The van der Waals surface area contributed by atoms with Crippen molar-refractivity contribution in [3.05, 3.63) is 70.3 Å². The van der Waals surface area contributed by atoms with Crippen molar-refractivity contribution in [2.24, 2.45) is 5.73 Å². The standard InChI is InChI=1S/C18H22N2O/c1-13-3-8-17(11-14(13)2)18(21)20-12-16-6-4-15(5-7-16)9-10-19/h3-8,11H,9-10,12,19H2,1-2H3,(H,20,21). The van der Waals surface area contributed by atoms with Crippen LogP contribution >= 0.6 is 0 Å². The second-order valence-corrected chi connectivity index (χ2v) is 5.34. The van der Waals surface area contributed by atoms with Gasteiger partial charge in [0, 0.05) is 12.1 Å². The first-order chi connectivity index (χ1) is 10.1. The van der Waals surface area contributed by atoms with Gasteiger partial charge in [0.25, 0.3) is 5.91 Å². The summed E-state index contributed by atoms with van der Waals surface area (Å²) in [6.45, 7) is 5.25. The van der Waals surface area contributed by atoms with Crippen molar-refractivity contribution in [2.45, 2.75) is 26.8 Å². The second-order valence-electron chi connectivity index (χ2n) is 5.34. The summed E-state index contributed by atoms with van der Waals surface area (Å²) in [6, 6.07) is 14.0. The molecule has 21 heavy (non-hydrogen) atoms. The van der Waals surface area contributed by atoms with Crippen molar-refractivity contribution >= 4 is 5.91 Å². The molecule has 1 amide bonds. The van der Waals surface area contributed by atoms with Gasteiger partial charge in [-0.15, -0.1) is 0 Å². The number of amides is 1. The van der Waals surface area contributed by atoms with Gasteiger partial charge in [-0.1, -0.05) is 30.3 Å². The van der Waals surface area contributed by atoms with E-state index in [-0.39, 0.29) is 5.91 Å². The molecule has 0 aliphatic heterocycles. The van der Waals surface area contributed by atoms with Gasteiger partial charge in [0.15, 0.2) is 0 Å². The zero-order valence-electron chi connectivity index (χ0n) is 12.6. The fraction of sp³-hybridized carbons (Fsp3) is 0.278. The van der Waals surface area contributed by atoms with Crippen LogP contribution in [0.4, 0.5) is 0 Å². The van der Waals surface area contributed by atoms with Crippen molar-refractivity contribution < 1.29 is 4.79 Å². The summed E-state index contributed by atoms with van der Waals surface area (Å²) in [5, 5.41) is 2.95. The van der Waals surface area contributed by atoms with Crippen molar-refractivity contribution in [1.82, 2.24) is 5.32 Å². The van der Waals surface area contributed by atoms with Crippen LogP contribution in [0.5, 0.6) is 0 Å². The number of nitrogens with two attached hydrogens (primary N) is 1. The highest BCUT2D eigenvalue weighted by molar-refractivity contribution is 5.94. The Kier molecular flexibility index (Phi) is 5.12. The normalized spacial score (nSPS) is 10.4. The Morgan fingerprint density at radius 3 is 2.29 bits per heavy atom. The average molecular weight is 282 g/mol. The predicted octanol–water partition coefficient (Wildman–Crippen LogP) is 2.73. The third kappa shape index (κ3) is 4.17. The first-order valence-corrected chi connectivity index (χ1v) is 7.23. The van der Waals surface area contributed by atoms with Gasteiger partial charge in [-0.3, -0.25) is 4.79 Å². The predicted molar refractivity (Wildman–Crippen MR) is 86.3 cm³/mol. The molecule has 3 N–H and O–H groups in total. The van der Waals surface area contributed by atoms with E-state index in [0.717, 1.165) is 17.5 Å². The van der Waals surface area contributed by atoms with Gasteiger partial charge in [-0.25, -0.2) is 0 Å². The van der Waals surface area contributed by atoms with Gasteiger partial charge in [0.05, 0.1) is 0 Å². The maximum atomic E-state index is 12.1. The molecule has 3 heteroatoms. The van der Waals surface area contributed by atoms with E-state index in [1.54, 1.807) is 0 Å². The van der Waals surface area contributed by atoms with E-state index in [4.69, 9.17) is 5.73 Å². The van der Waals surface area contributed by atoms with Gasteiger partial charge < -0.3 is 11.1 Å². The SMILES string of the molecule is Cc1ccc(C(=O)NCc2ccc(CCN)cc2)cc1C. The molecule has 0 radical (unpaired) electrons. The molecule has 0 bridgehead atoms. The van der Waals surface area contributed by atoms with Crippen LogP contribution in [-0.4, -0.2) is 12.5 Å². The maximum Gasteiger partial charge on any atom is 0.251 e. The Morgan fingerprint density at radius 2 is 1.67 bits per heavy atom. The molecule has 0 unspecified atom stereocenters. The molecule has 0 spiro atoms. The van der Waals surface area contributed by atoms with Crippen molar-refractivity contribution in [3.63, 3.8) is 0 Å². The number of carbonyl (C=O) groups is 1. The molecule has 0 aliphatic carbocycles. The van der Waals surface area contributed by atoms with Crippen LogP contribution in [0, 0.1) is 13.8 Å². The number of rotatable bonds is 5. The van der Waals surface area contributed by atoms with Crippen LogP contribution in [0.1, 0.15) is 32.6 Å². The quantitative estimate of drug-likeness (QED) is 0.886. The first kappa shape index (κ1) is 15.3. The number of aryl methyl sites for hydroxylation is 2. The van der Waals surface area contributed by atoms with E-state index < -0.39 is 0 Å². The smallest absolute Gasteiger partial charge is 0.251 e. The van der Waals surface area contributed by atoms with Gasteiger partial charge in [0.1, 0.15) is 0 Å². The topological polar surface area (TPSA) is 55.1 Å². The van der Waals surface area contributed by atoms with Crippen LogP contribution in [0.25, 0.3) is 0 Å². The fourth-order valence-electron chi connectivity index (χ4n) is 2.16. The molecule has 3 nitrogen and oxygen atoms in total. The molecule has 110 valence electrons. The lowest BCUT2D eigenvalue weighted by molar-refractivity contribution is 0.0951. The van der Waals surface area contributed by atoms with Gasteiger partial charge >= 0.3 is 0 Å². The number of hydrogen-bond donors (Lipinski definition) is 2. The summed E-state index contributed by atoms with van der Waals surface area (Å²) >= 11 is 0.